The van der Waals surface area contributed by atoms with Crippen LogP contribution in [-0.2, 0) is 6.42 Å². The van der Waals surface area contributed by atoms with Crippen molar-refractivity contribution in [3.05, 3.63) is 72.1 Å². The summed E-state index contributed by atoms with van der Waals surface area (Å²) in [5, 5.41) is 2.95. The molecule has 1 saturated heterocycles. The maximum Gasteiger partial charge on any atom is 0.251 e. The fourth-order valence-corrected chi connectivity index (χ4v) is 4.31. The summed E-state index contributed by atoms with van der Waals surface area (Å²) in [5.74, 6) is 0.833. The van der Waals surface area contributed by atoms with Gasteiger partial charge in [0, 0.05) is 49.6 Å². The number of carbonyl (C=O) groups excluding carboxylic acids is 1. The molecule has 1 aliphatic rings. The summed E-state index contributed by atoms with van der Waals surface area (Å²) in [5.41, 5.74) is 2.97. The summed E-state index contributed by atoms with van der Waals surface area (Å²) in [7, 11) is 2.10. The summed E-state index contributed by atoms with van der Waals surface area (Å²) in [6.07, 6.45) is 6.88. The summed E-state index contributed by atoms with van der Waals surface area (Å²) < 4.78 is 19.9. The Bertz CT molecular complexity index is 1320. The zero-order valence-electron chi connectivity index (χ0n) is 20.2. The van der Waals surface area contributed by atoms with Crippen LogP contribution < -0.4 is 10.1 Å². The van der Waals surface area contributed by atoms with Crippen molar-refractivity contribution in [1.82, 2.24) is 30.2 Å². The number of nitrogens with zero attached hydrogens (tertiary/aromatic N) is 4. The second kappa shape index (κ2) is 10.8. The van der Waals surface area contributed by atoms with Crippen LogP contribution in [0, 0.1) is 5.82 Å². The van der Waals surface area contributed by atoms with Crippen molar-refractivity contribution in [2.45, 2.75) is 31.8 Å². The molecule has 2 N–H and O–H groups in total. The fourth-order valence-electron chi connectivity index (χ4n) is 4.31. The number of ether oxygens (including phenoxy) is 1. The first-order valence-electron chi connectivity index (χ1n) is 12.2. The molecule has 1 amide bonds. The van der Waals surface area contributed by atoms with Crippen LogP contribution in [0.5, 0.6) is 5.88 Å². The lowest BCUT2D eigenvalue weighted by Gasteiger charge is -2.29. The number of nitrogens with one attached hydrogen (secondary N) is 2. The molecule has 5 rings (SSSR count). The van der Waals surface area contributed by atoms with Gasteiger partial charge in [-0.2, -0.15) is 0 Å². The van der Waals surface area contributed by atoms with E-state index in [9.17, 15) is 9.18 Å². The van der Waals surface area contributed by atoms with Crippen molar-refractivity contribution in [1.29, 1.82) is 0 Å². The molecule has 0 aliphatic carbocycles. The number of rotatable bonds is 8. The molecule has 0 spiro atoms. The minimum Gasteiger partial charge on any atom is -0.473 e. The standard InChI is InChI=1S/C27H29FN6O2/c1-34-15-10-21(11-16-34)36-27-25(18-4-7-20(28)8-5-18)32-23-17-19(6-9-22(23)33-27)26(35)31-12-2-3-24-29-13-14-30-24/h4-9,13-14,17,21H,2-3,10-12,15-16H2,1H3,(H,29,30)(H,31,35). The molecular weight excluding hydrogens is 459 g/mol. The van der Waals surface area contributed by atoms with Gasteiger partial charge in [-0.25, -0.2) is 19.3 Å². The number of carbonyl (C=O) groups is 1. The Morgan fingerprint density at radius 1 is 1.14 bits per heavy atom. The maximum atomic E-state index is 13.6. The second-order valence-electron chi connectivity index (χ2n) is 9.10. The van der Waals surface area contributed by atoms with Crippen LogP contribution in [0.3, 0.4) is 0 Å². The summed E-state index contributed by atoms with van der Waals surface area (Å²) in [6, 6.07) is 11.4. The molecule has 0 radical (unpaired) electrons. The van der Waals surface area contributed by atoms with Gasteiger partial charge in [-0.05, 0) is 68.8 Å². The number of hydrogen-bond acceptors (Lipinski definition) is 6. The Balaban J connectivity index is 1.37. The zero-order chi connectivity index (χ0) is 24.9. The smallest absolute Gasteiger partial charge is 0.251 e. The van der Waals surface area contributed by atoms with Gasteiger partial charge in [-0.1, -0.05) is 0 Å². The zero-order valence-corrected chi connectivity index (χ0v) is 20.2. The van der Waals surface area contributed by atoms with E-state index in [2.05, 4.69) is 27.2 Å². The Hall–Kier alpha value is -3.85. The van der Waals surface area contributed by atoms with Gasteiger partial charge in [0.2, 0.25) is 5.88 Å². The largest absolute Gasteiger partial charge is 0.473 e. The van der Waals surface area contributed by atoms with Crippen LogP contribution in [0.1, 0.15) is 35.4 Å². The Labute approximate surface area is 208 Å². The lowest BCUT2D eigenvalue weighted by Crippen LogP contribution is -2.35. The number of amides is 1. The van der Waals surface area contributed by atoms with E-state index in [4.69, 9.17) is 14.7 Å². The molecule has 2 aromatic heterocycles. The lowest BCUT2D eigenvalue weighted by molar-refractivity contribution is 0.0953. The summed E-state index contributed by atoms with van der Waals surface area (Å²) >= 11 is 0. The molecule has 0 saturated carbocycles. The molecule has 4 aromatic rings. The molecule has 3 heterocycles. The molecule has 36 heavy (non-hydrogen) atoms. The number of halogens is 1. The number of aryl methyl sites for hydroxylation is 1. The molecule has 2 aromatic carbocycles. The molecule has 0 unspecified atom stereocenters. The van der Waals surface area contributed by atoms with Gasteiger partial charge in [0.05, 0.1) is 11.0 Å². The van der Waals surface area contributed by atoms with Crippen molar-refractivity contribution >= 4 is 16.9 Å². The van der Waals surface area contributed by atoms with Gasteiger partial charge in [0.25, 0.3) is 5.91 Å². The first-order valence-corrected chi connectivity index (χ1v) is 12.2. The number of piperidine rings is 1. The van der Waals surface area contributed by atoms with Crippen LogP contribution >= 0.6 is 0 Å². The van der Waals surface area contributed by atoms with Gasteiger partial charge in [0.15, 0.2) is 0 Å². The predicted octanol–water partition coefficient (Wildman–Crippen LogP) is 3.99. The van der Waals surface area contributed by atoms with Crippen LogP contribution in [0.4, 0.5) is 4.39 Å². The first-order chi connectivity index (χ1) is 17.5. The molecule has 1 aliphatic heterocycles. The van der Waals surface area contributed by atoms with E-state index in [0.717, 1.165) is 44.6 Å². The minimum absolute atomic E-state index is 0.0402. The number of imidazole rings is 1. The van der Waals surface area contributed by atoms with E-state index in [0.29, 0.717) is 40.3 Å². The van der Waals surface area contributed by atoms with Gasteiger partial charge in [-0.3, -0.25) is 4.79 Å². The monoisotopic (exact) mass is 488 g/mol. The number of hydrogen-bond donors (Lipinski definition) is 2. The lowest BCUT2D eigenvalue weighted by atomic mass is 10.1. The summed E-state index contributed by atoms with van der Waals surface area (Å²) in [6.45, 7) is 2.45. The molecule has 1 fully saturated rings. The minimum atomic E-state index is -0.323. The van der Waals surface area contributed by atoms with E-state index >= 15 is 0 Å². The van der Waals surface area contributed by atoms with Crippen LogP contribution in [0.15, 0.2) is 54.9 Å². The number of benzene rings is 2. The molecular formula is C27H29FN6O2. The summed E-state index contributed by atoms with van der Waals surface area (Å²) in [4.78, 5) is 31.8. The van der Waals surface area contributed by atoms with Crippen molar-refractivity contribution in [2.75, 3.05) is 26.7 Å². The number of likely N-dealkylation sites (tertiary alicyclic amines) is 1. The van der Waals surface area contributed by atoms with Crippen molar-refractivity contribution in [2.24, 2.45) is 0 Å². The van der Waals surface area contributed by atoms with Gasteiger partial charge in [0.1, 0.15) is 23.4 Å². The SMILES string of the molecule is CN1CCC(Oc2nc3ccc(C(=O)NCCCc4ncc[nH]4)cc3nc2-c2ccc(F)cc2)CC1. The Kier molecular flexibility index (Phi) is 7.18. The third kappa shape index (κ3) is 5.68. The third-order valence-electron chi connectivity index (χ3n) is 6.39. The molecule has 0 atom stereocenters. The van der Waals surface area contributed by atoms with Gasteiger partial charge < -0.3 is 19.9 Å². The van der Waals surface area contributed by atoms with Gasteiger partial charge >= 0.3 is 0 Å². The first kappa shape index (κ1) is 23.9. The second-order valence-corrected chi connectivity index (χ2v) is 9.10. The number of fused-ring (bicyclic) bond motifs is 1. The van der Waals surface area contributed by atoms with E-state index in [-0.39, 0.29) is 17.8 Å². The third-order valence-corrected chi connectivity index (χ3v) is 6.39. The molecule has 0 bridgehead atoms. The Morgan fingerprint density at radius 3 is 2.69 bits per heavy atom. The highest BCUT2D eigenvalue weighted by Gasteiger charge is 2.22. The average molecular weight is 489 g/mol. The van der Waals surface area contributed by atoms with E-state index < -0.39 is 0 Å². The van der Waals surface area contributed by atoms with E-state index in [1.165, 1.54) is 12.1 Å². The average Bonchev–Trinajstić information content (AvgIpc) is 3.41. The quantitative estimate of drug-likeness (QED) is 0.364. The van der Waals surface area contributed by atoms with Crippen molar-refractivity contribution in [3.63, 3.8) is 0 Å². The van der Waals surface area contributed by atoms with Gasteiger partial charge in [-0.15, -0.1) is 0 Å². The molecule has 9 heteroatoms. The molecule has 186 valence electrons. The van der Waals surface area contributed by atoms with Crippen LogP contribution in [0.2, 0.25) is 0 Å². The normalized spacial score (nSPS) is 14.7. The van der Waals surface area contributed by atoms with Crippen molar-refractivity contribution < 1.29 is 13.9 Å². The van der Waals surface area contributed by atoms with Crippen LogP contribution in [-0.4, -0.2) is 63.5 Å². The number of aromatic nitrogens is 4. The predicted molar refractivity (Wildman–Crippen MR) is 135 cm³/mol. The topological polar surface area (TPSA) is 96.0 Å². The van der Waals surface area contributed by atoms with Crippen molar-refractivity contribution in [3.8, 4) is 17.1 Å². The maximum absolute atomic E-state index is 13.6. The number of aromatic amines is 1. The fraction of sp³-hybridized carbons (Fsp3) is 0.333. The highest BCUT2D eigenvalue weighted by atomic mass is 19.1. The molecule has 8 nitrogen and oxygen atoms in total. The van der Waals surface area contributed by atoms with E-state index in [1.807, 2.05) is 0 Å². The highest BCUT2D eigenvalue weighted by Crippen LogP contribution is 2.31. The van der Waals surface area contributed by atoms with Crippen LogP contribution in [0.25, 0.3) is 22.3 Å². The van der Waals surface area contributed by atoms with E-state index in [1.54, 1.807) is 42.7 Å². The number of H-pyrrole nitrogens is 1. The highest BCUT2D eigenvalue weighted by molar-refractivity contribution is 5.97. The Morgan fingerprint density at radius 2 is 1.94 bits per heavy atom.